The first kappa shape index (κ1) is 13.7. The summed E-state index contributed by atoms with van der Waals surface area (Å²) in [5, 5.41) is 0. The smallest absolute Gasteiger partial charge is 0.0279 e. The highest BCUT2D eigenvalue weighted by Gasteiger charge is 2.18. The molecule has 1 atom stereocenters. The van der Waals surface area contributed by atoms with Crippen molar-refractivity contribution in [3.8, 4) is 0 Å². The van der Waals surface area contributed by atoms with Crippen LogP contribution in [0.4, 0.5) is 0 Å². The van der Waals surface area contributed by atoms with Gasteiger partial charge in [0.2, 0.25) is 0 Å². The third kappa shape index (κ3) is 3.58. The summed E-state index contributed by atoms with van der Waals surface area (Å²) < 4.78 is 1.17. The molecule has 0 aromatic heterocycles. The normalized spacial score (nSPS) is 13.1. The van der Waals surface area contributed by atoms with Crippen molar-refractivity contribution in [2.24, 2.45) is 11.8 Å². The number of hydrazine groups is 1. The Hall–Kier alpha value is -0.380. The predicted molar refractivity (Wildman–Crippen MR) is 73.0 cm³/mol. The third-order valence-electron chi connectivity index (χ3n) is 3.23. The molecule has 0 fully saturated rings. The Bertz CT molecular complexity index is 311. The van der Waals surface area contributed by atoms with Crippen molar-refractivity contribution in [2.75, 3.05) is 0 Å². The molecular weight excluding hydrogens is 264 g/mol. The van der Waals surface area contributed by atoms with Gasteiger partial charge >= 0.3 is 0 Å². The van der Waals surface area contributed by atoms with E-state index in [1.54, 1.807) is 0 Å². The second kappa shape index (κ2) is 7.05. The van der Waals surface area contributed by atoms with Crippen molar-refractivity contribution in [1.82, 2.24) is 5.43 Å². The second-order valence-electron chi connectivity index (χ2n) is 4.15. The van der Waals surface area contributed by atoms with Gasteiger partial charge in [0.05, 0.1) is 0 Å². The average molecular weight is 285 g/mol. The molecule has 3 heteroatoms. The van der Waals surface area contributed by atoms with Crippen LogP contribution < -0.4 is 11.3 Å². The van der Waals surface area contributed by atoms with Crippen LogP contribution >= 0.6 is 15.9 Å². The number of benzene rings is 1. The van der Waals surface area contributed by atoms with Crippen LogP contribution in [0.25, 0.3) is 0 Å². The summed E-state index contributed by atoms with van der Waals surface area (Å²) in [6.45, 7) is 4.44. The average Bonchev–Trinajstić information content (AvgIpc) is 2.31. The van der Waals surface area contributed by atoms with E-state index in [9.17, 15) is 0 Å². The molecule has 0 spiro atoms. The molecule has 1 rings (SSSR count). The van der Waals surface area contributed by atoms with Crippen molar-refractivity contribution in [1.29, 1.82) is 0 Å². The number of hydrogen-bond donors (Lipinski definition) is 2. The predicted octanol–water partition coefficient (Wildman–Crippen LogP) is 3.26. The van der Waals surface area contributed by atoms with E-state index in [4.69, 9.17) is 5.84 Å². The van der Waals surface area contributed by atoms with Crippen LogP contribution in [0.15, 0.2) is 28.7 Å². The Morgan fingerprint density at radius 1 is 1.25 bits per heavy atom. The molecule has 2 nitrogen and oxygen atoms in total. The molecule has 0 radical (unpaired) electrons. The van der Waals surface area contributed by atoms with Crippen LogP contribution in [0, 0.1) is 5.92 Å². The van der Waals surface area contributed by atoms with E-state index >= 15 is 0 Å². The molecule has 0 bridgehead atoms. The Labute approximate surface area is 107 Å². The molecule has 0 saturated carbocycles. The molecule has 0 aliphatic heterocycles. The van der Waals surface area contributed by atoms with Crippen molar-refractivity contribution in [2.45, 2.75) is 39.2 Å². The molecule has 0 amide bonds. The van der Waals surface area contributed by atoms with Gasteiger partial charge in [0, 0.05) is 10.5 Å². The van der Waals surface area contributed by atoms with E-state index in [2.05, 4.69) is 53.4 Å². The third-order valence-corrected chi connectivity index (χ3v) is 4.00. The highest BCUT2D eigenvalue weighted by Crippen LogP contribution is 2.22. The van der Waals surface area contributed by atoms with Crippen LogP contribution in [0.5, 0.6) is 0 Å². The second-order valence-corrected chi connectivity index (χ2v) is 5.00. The summed E-state index contributed by atoms with van der Waals surface area (Å²) in [6, 6.07) is 8.69. The van der Waals surface area contributed by atoms with E-state index < -0.39 is 0 Å². The lowest BCUT2D eigenvalue weighted by atomic mass is 9.90. The van der Waals surface area contributed by atoms with E-state index in [1.807, 2.05) is 6.07 Å². The van der Waals surface area contributed by atoms with Crippen LogP contribution in [-0.2, 0) is 6.42 Å². The maximum Gasteiger partial charge on any atom is 0.0279 e. The molecule has 0 aliphatic carbocycles. The van der Waals surface area contributed by atoms with E-state index in [1.165, 1.54) is 10.0 Å². The van der Waals surface area contributed by atoms with Crippen LogP contribution in [0.2, 0.25) is 0 Å². The van der Waals surface area contributed by atoms with E-state index in [-0.39, 0.29) is 0 Å². The molecule has 3 N–H and O–H groups in total. The summed E-state index contributed by atoms with van der Waals surface area (Å²) in [6.07, 6.45) is 3.30. The highest BCUT2D eigenvalue weighted by molar-refractivity contribution is 9.10. The maximum absolute atomic E-state index is 5.66. The van der Waals surface area contributed by atoms with Gasteiger partial charge in [-0.1, -0.05) is 60.8 Å². The zero-order valence-electron chi connectivity index (χ0n) is 10.0. The molecule has 0 saturated heterocycles. The molecule has 1 aromatic carbocycles. The lowest BCUT2D eigenvalue weighted by Gasteiger charge is -2.25. The van der Waals surface area contributed by atoms with Gasteiger partial charge in [-0.15, -0.1) is 0 Å². The first-order valence-electron chi connectivity index (χ1n) is 5.92. The minimum Gasteiger partial charge on any atom is -0.271 e. The van der Waals surface area contributed by atoms with E-state index in [0.717, 1.165) is 19.3 Å². The summed E-state index contributed by atoms with van der Waals surface area (Å²) in [5.74, 6) is 6.29. The van der Waals surface area contributed by atoms with Crippen LogP contribution in [0.1, 0.15) is 32.3 Å². The maximum atomic E-state index is 5.66. The standard InChI is InChI=1S/C13H21BrN2/c1-3-10(4-2)13(16-15)9-11-7-5-6-8-12(11)14/h5-8,10,13,16H,3-4,9,15H2,1-2H3. The molecule has 16 heavy (non-hydrogen) atoms. The van der Waals surface area contributed by atoms with Crippen molar-refractivity contribution < 1.29 is 0 Å². The van der Waals surface area contributed by atoms with Gasteiger partial charge in [0.1, 0.15) is 0 Å². The Kier molecular flexibility index (Phi) is 6.03. The molecule has 0 aliphatic rings. The number of hydrogen-bond acceptors (Lipinski definition) is 2. The minimum absolute atomic E-state index is 0.355. The summed E-state index contributed by atoms with van der Waals surface area (Å²) in [7, 11) is 0. The number of nitrogens with two attached hydrogens (primary N) is 1. The summed E-state index contributed by atoms with van der Waals surface area (Å²) >= 11 is 3.58. The fourth-order valence-corrected chi connectivity index (χ4v) is 2.57. The van der Waals surface area contributed by atoms with Gasteiger partial charge in [-0.2, -0.15) is 0 Å². The van der Waals surface area contributed by atoms with Crippen molar-refractivity contribution in [3.05, 3.63) is 34.3 Å². The first-order chi connectivity index (χ1) is 7.72. The van der Waals surface area contributed by atoms with Crippen LogP contribution in [-0.4, -0.2) is 6.04 Å². The molecule has 1 unspecified atom stereocenters. The monoisotopic (exact) mass is 284 g/mol. The molecule has 0 heterocycles. The Morgan fingerprint density at radius 2 is 1.88 bits per heavy atom. The highest BCUT2D eigenvalue weighted by atomic mass is 79.9. The van der Waals surface area contributed by atoms with Crippen LogP contribution in [0.3, 0.4) is 0 Å². The molecule has 1 aromatic rings. The summed E-state index contributed by atoms with van der Waals surface area (Å²) in [5.41, 5.74) is 4.28. The van der Waals surface area contributed by atoms with Crippen molar-refractivity contribution in [3.63, 3.8) is 0 Å². The Balaban J connectivity index is 2.73. The van der Waals surface area contributed by atoms with E-state index in [0.29, 0.717) is 12.0 Å². The fourth-order valence-electron chi connectivity index (χ4n) is 2.12. The van der Waals surface area contributed by atoms with Gasteiger partial charge in [-0.3, -0.25) is 11.3 Å². The van der Waals surface area contributed by atoms with Crippen molar-refractivity contribution >= 4 is 15.9 Å². The minimum atomic E-state index is 0.355. The van der Waals surface area contributed by atoms with Gasteiger partial charge in [0.25, 0.3) is 0 Å². The lowest BCUT2D eigenvalue weighted by Crippen LogP contribution is -2.42. The largest absolute Gasteiger partial charge is 0.271 e. The zero-order valence-corrected chi connectivity index (χ0v) is 11.6. The molecule has 90 valence electrons. The van der Waals surface area contributed by atoms with Gasteiger partial charge in [-0.25, -0.2) is 0 Å². The van der Waals surface area contributed by atoms with Gasteiger partial charge in [0.15, 0.2) is 0 Å². The SMILES string of the molecule is CCC(CC)C(Cc1ccccc1Br)NN. The molecular formula is C13H21BrN2. The number of nitrogens with one attached hydrogen (secondary N) is 1. The first-order valence-corrected chi connectivity index (χ1v) is 6.71. The quantitative estimate of drug-likeness (QED) is 0.622. The van der Waals surface area contributed by atoms with Gasteiger partial charge < -0.3 is 0 Å². The summed E-state index contributed by atoms with van der Waals surface area (Å²) in [4.78, 5) is 0. The Morgan fingerprint density at radius 3 is 2.38 bits per heavy atom. The topological polar surface area (TPSA) is 38.0 Å². The fraction of sp³-hybridized carbons (Fsp3) is 0.538. The zero-order chi connectivity index (χ0) is 12.0. The lowest BCUT2D eigenvalue weighted by molar-refractivity contribution is 0.335. The number of halogens is 1. The number of rotatable bonds is 6. The van der Waals surface area contributed by atoms with Gasteiger partial charge in [-0.05, 0) is 24.0 Å².